The highest BCUT2D eigenvalue weighted by Crippen LogP contribution is 2.43. The van der Waals surface area contributed by atoms with Gasteiger partial charge in [-0.15, -0.1) is 0 Å². The van der Waals surface area contributed by atoms with Gasteiger partial charge in [-0.05, 0) is 56.4 Å². The second kappa shape index (κ2) is 5.88. The third-order valence-corrected chi connectivity index (χ3v) is 5.29. The van der Waals surface area contributed by atoms with Gasteiger partial charge in [-0.25, -0.2) is 0 Å². The Balaban J connectivity index is 1.60. The molecule has 0 spiro atoms. The number of hydrogen-bond donors (Lipinski definition) is 1. The number of hydrogen-bond acceptors (Lipinski definition) is 2. The molecule has 3 rings (SSSR count). The Bertz CT molecular complexity index is 425. The third kappa shape index (κ3) is 3.08. The van der Waals surface area contributed by atoms with Crippen LogP contribution >= 0.6 is 0 Å². The molecule has 1 aromatic heterocycles. The predicted molar refractivity (Wildman–Crippen MR) is 82.9 cm³/mol. The molecule has 112 valence electrons. The molecule has 3 heteroatoms. The molecular formula is C17H29N3. The molecule has 0 saturated heterocycles. The van der Waals surface area contributed by atoms with Crippen LogP contribution in [0.2, 0.25) is 0 Å². The van der Waals surface area contributed by atoms with Crippen LogP contribution in [0, 0.1) is 5.41 Å². The summed E-state index contributed by atoms with van der Waals surface area (Å²) in [5.74, 6) is 0. The molecule has 3 nitrogen and oxygen atoms in total. The highest BCUT2D eigenvalue weighted by molar-refractivity contribution is 5.07. The van der Waals surface area contributed by atoms with Gasteiger partial charge in [0.2, 0.25) is 0 Å². The van der Waals surface area contributed by atoms with Crippen molar-refractivity contribution in [1.29, 1.82) is 0 Å². The minimum absolute atomic E-state index is 0.510. The van der Waals surface area contributed by atoms with E-state index in [1.54, 1.807) is 0 Å². The standard InChI is InChI=1S/C17H29N3/c1-3-16(4-2)20-11-8-15(19-20)12-17(9-5-10-17)13-18-14-6-7-14/h8,11,14,16,18H,3-7,9-10,12-13H2,1-2H3. The molecule has 1 aromatic rings. The molecule has 2 saturated carbocycles. The minimum Gasteiger partial charge on any atom is -0.313 e. The van der Waals surface area contributed by atoms with Crippen LogP contribution in [0.4, 0.5) is 0 Å². The molecule has 0 radical (unpaired) electrons. The molecule has 20 heavy (non-hydrogen) atoms. The van der Waals surface area contributed by atoms with Crippen LogP contribution in [0.1, 0.15) is 70.5 Å². The van der Waals surface area contributed by atoms with E-state index in [0.717, 1.165) is 6.04 Å². The topological polar surface area (TPSA) is 29.9 Å². The van der Waals surface area contributed by atoms with Crippen molar-refractivity contribution in [3.63, 3.8) is 0 Å². The summed E-state index contributed by atoms with van der Waals surface area (Å²) in [6.07, 6.45) is 12.6. The fourth-order valence-corrected chi connectivity index (χ4v) is 3.46. The van der Waals surface area contributed by atoms with E-state index in [9.17, 15) is 0 Å². The lowest BCUT2D eigenvalue weighted by molar-refractivity contribution is 0.127. The molecule has 1 heterocycles. The smallest absolute Gasteiger partial charge is 0.0630 e. The first kappa shape index (κ1) is 14.1. The maximum absolute atomic E-state index is 4.85. The quantitative estimate of drug-likeness (QED) is 0.784. The van der Waals surface area contributed by atoms with Crippen molar-refractivity contribution in [2.75, 3.05) is 6.54 Å². The minimum atomic E-state index is 0.510. The zero-order chi connectivity index (χ0) is 14.0. The molecule has 0 amide bonds. The van der Waals surface area contributed by atoms with Crippen molar-refractivity contribution < 1.29 is 0 Å². The van der Waals surface area contributed by atoms with Crippen LogP contribution in [0.3, 0.4) is 0 Å². The van der Waals surface area contributed by atoms with Gasteiger partial charge in [-0.3, -0.25) is 4.68 Å². The van der Waals surface area contributed by atoms with E-state index < -0.39 is 0 Å². The summed E-state index contributed by atoms with van der Waals surface area (Å²) in [4.78, 5) is 0. The Morgan fingerprint density at radius 2 is 2.10 bits per heavy atom. The van der Waals surface area contributed by atoms with Crippen molar-refractivity contribution in [1.82, 2.24) is 15.1 Å². The van der Waals surface area contributed by atoms with Crippen molar-refractivity contribution in [2.24, 2.45) is 5.41 Å². The highest BCUT2D eigenvalue weighted by Gasteiger charge is 2.38. The van der Waals surface area contributed by atoms with Crippen molar-refractivity contribution in [3.8, 4) is 0 Å². The van der Waals surface area contributed by atoms with Crippen molar-refractivity contribution in [2.45, 2.75) is 77.3 Å². The van der Waals surface area contributed by atoms with Crippen molar-refractivity contribution in [3.05, 3.63) is 18.0 Å². The maximum Gasteiger partial charge on any atom is 0.0630 e. The van der Waals surface area contributed by atoms with Crippen LogP contribution in [0.15, 0.2) is 12.3 Å². The van der Waals surface area contributed by atoms with Gasteiger partial charge in [0, 0.05) is 18.8 Å². The highest BCUT2D eigenvalue weighted by atomic mass is 15.3. The lowest BCUT2D eigenvalue weighted by Gasteiger charge is -2.42. The largest absolute Gasteiger partial charge is 0.313 e. The monoisotopic (exact) mass is 275 g/mol. The van der Waals surface area contributed by atoms with E-state index in [-0.39, 0.29) is 0 Å². The summed E-state index contributed by atoms with van der Waals surface area (Å²) in [5.41, 5.74) is 1.81. The predicted octanol–water partition coefficient (Wildman–Crippen LogP) is 3.71. The summed E-state index contributed by atoms with van der Waals surface area (Å²) in [6.45, 7) is 5.71. The lowest BCUT2D eigenvalue weighted by Crippen LogP contribution is -2.42. The second-order valence-corrected chi connectivity index (χ2v) is 6.94. The summed E-state index contributed by atoms with van der Waals surface area (Å²) in [7, 11) is 0. The van der Waals surface area contributed by atoms with Gasteiger partial charge in [0.25, 0.3) is 0 Å². The molecule has 0 bridgehead atoms. The summed E-state index contributed by atoms with van der Waals surface area (Å²) < 4.78 is 2.19. The van der Waals surface area contributed by atoms with E-state index in [1.165, 1.54) is 63.6 Å². The van der Waals surface area contributed by atoms with Gasteiger partial charge in [-0.1, -0.05) is 20.3 Å². The van der Waals surface area contributed by atoms with E-state index in [2.05, 4.69) is 36.1 Å². The van der Waals surface area contributed by atoms with Crippen LogP contribution in [0.25, 0.3) is 0 Å². The Morgan fingerprint density at radius 1 is 1.35 bits per heavy atom. The normalized spacial score (nSPS) is 21.1. The SMILES string of the molecule is CCC(CC)n1ccc(CC2(CNC3CC3)CCC2)n1. The molecule has 0 unspecified atom stereocenters. The van der Waals surface area contributed by atoms with E-state index in [1.807, 2.05) is 0 Å². The number of rotatable bonds is 8. The first-order chi connectivity index (χ1) is 9.74. The average molecular weight is 275 g/mol. The molecule has 1 N–H and O–H groups in total. The molecule has 2 fully saturated rings. The maximum atomic E-state index is 4.85. The van der Waals surface area contributed by atoms with Crippen molar-refractivity contribution >= 4 is 0 Å². The van der Waals surface area contributed by atoms with Gasteiger partial charge in [-0.2, -0.15) is 5.10 Å². The van der Waals surface area contributed by atoms with Gasteiger partial charge < -0.3 is 5.32 Å². The fourth-order valence-electron chi connectivity index (χ4n) is 3.46. The number of nitrogens with one attached hydrogen (secondary N) is 1. The van der Waals surface area contributed by atoms with Crippen LogP contribution in [-0.2, 0) is 6.42 Å². The Morgan fingerprint density at radius 3 is 2.65 bits per heavy atom. The molecule has 0 atom stereocenters. The van der Waals surface area contributed by atoms with Gasteiger partial charge >= 0.3 is 0 Å². The van der Waals surface area contributed by atoms with Crippen LogP contribution in [-0.4, -0.2) is 22.4 Å². The van der Waals surface area contributed by atoms with Crippen LogP contribution in [0.5, 0.6) is 0 Å². The zero-order valence-corrected chi connectivity index (χ0v) is 13.1. The summed E-state index contributed by atoms with van der Waals surface area (Å²) in [6, 6.07) is 3.65. The number of nitrogens with zero attached hydrogens (tertiary/aromatic N) is 2. The molecule has 2 aliphatic rings. The summed E-state index contributed by atoms with van der Waals surface area (Å²) in [5, 5.41) is 8.59. The molecule has 2 aliphatic carbocycles. The molecule has 0 aromatic carbocycles. The fraction of sp³-hybridized carbons (Fsp3) is 0.824. The average Bonchev–Trinajstić information content (AvgIpc) is 3.14. The van der Waals surface area contributed by atoms with E-state index in [4.69, 9.17) is 5.10 Å². The zero-order valence-electron chi connectivity index (χ0n) is 13.1. The van der Waals surface area contributed by atoms with E-state index >= 15 is 0 Å². The second-order valence-electron chi connectivity index (χ2n) is 6.94. The first-order valence-corrected chi connectivity index (χ1v) is 8.52. The lowest BCUT2D eigenvalue weighted by atomic mass is 9.66. The van der Waals surface area contributed by atoms with Gasteiger partial charge in [0.1, 0.15) is 0 Å². The summed E-state index contributed by atoms with van der Waals surface area (Å²) >= 11 is 0. The Labute approximate surface area is 123 Å². The Kier molecular flexibility index (Phi) is 4.16. The van der Waals surface area contributed by atoms with Gasteiger partial charge in [0.05, 0.1) is 11.7 Å². The van der Waals surface area contributed by atoms with Gasteiger partial charge in [0.15, 0.2) is 0 Å². The van der Waals surface area contributed by atoms with E-state index in [0.29, 0.717) is 11.5 Å². The molecule has 0 aliphatic heterocycles. The first-order valence-electron chi connectivity index (χ1n) is 8.52. The third-order valence-electron chi connectivity index (χ3n) is 5.29. The Hall–Kier alpha value is -0.830. The number of aromatic nitrogens is 2. The molecular weight excluding hydrogens is 246 g/mol. The van der Waals surface area contributed by atoms with Crippen LogP contribution < -0.4 is 5.32 Å².